The van der Waals surface area contributed by atoms with E-state index >= 15 is 0 Å². The first kappa shape index (κ1) is 20.6. The Bertz CT molecular complexity index is 1050. The fraction of sp³-hybridized carbons (Fsp3) is 0.500. The van der Waals surface area contributed by atoms with E-state index < -0.39 is 0 Å². The van der Waals surface area contributed by atoms with E-state index in [4.69, 9.17) is 4.74 Å². The molecule has 0 radical (unpaired) electrons. The first-order valence-corrected chi connectivity index (χ1v) is 9.82. The second-order valence-corrected chi connectivity index (χ2v) is 7.35. The van der Waals surface area contributed by atoms with Gasteiger partial charge in [-0.05, 0) is 27.7 Å². The fourth-order valence-electron chi connectivity index (χ4n) is 3.00. The van der Waals surface area contributed by atoms with Crippen LogP contribution in [0.2, 0.25) is 0 Å². The molecular weight excluding hydrogens is 370 g/mol. The third kappa shape index (κ3) is 4.18. The van der Waals surface area contributed by atoms with Crippen molar-refractivity contribution < 1.29 is 9.53 Å². The van der Waals surface area contributed by atoms with Crippen LogP contribution in [0.15, 0.2) is 12.4 Å². The average Bonchev–Trinajstić information content (AvgIpc) is 3.27. The number of carbonyl (C=O) groups excluding carboxylic acids is 1. The van der Waals surface area contributed by atoms with E-state index in [2.05, 4.69) is 39.0 Å². The SMILES string of the molecule is CC(C)c1nnc2n1C=CCC2=O.CCOc1nc(C)nc2c1ncn2C(C)C. The van der Waals surface area contributed by atoms with Crippen LogP contribution in [0, 0.1) is 6.92 Å². The van der Waals surface area contributed by atoms with Gasteiger partial charge < -0.3 is 9.30 Å². The molecule has 0 saturated heterocycles. The molecule has 4 rings (SSSR count). The standard InChI is InChI=1S/C11H16N4O.C9H11N3O/c1-5-16-11-9-10(13-8(4)14-11)15(6-12-9)7(2)3;1-6(2)8-10-11-9-7(13)4-3-5-12(8)9/h6-7H,5H2,1-4H3;3,5-6H,4H2,1-2H3. The van der Waals surface area contributed by atoms with Gasteiger partial charge in [0, 0.05) is 24.6 Å². The molecule has 9 heteroatoms. The number of imidazole rings is 1. The number of allylic oxidation sites excluding steroid dienone is 1. The third-order valence-electron chi connectivity index (χ3n) is 4.38. The first-order valence-electron chi connectivity index (χ1n) is 9.82. The van der Waals surface area contributed by atoms with Gasteiger partial charge in [0.1, 0.15) is 11.6 Å². The van der Waals surface area contributed by atoms with Crippen molar-refractivity contribution in [3.63, 3.8) is 0 Å². The van der Waals surface area contributed by atoms with Crippen molar-refractivity contribution >= 4 is 23.1 Å². The second kappa shape index (κ2) is 8.50. The zero-order valence-electron chi connectivity index (χ0n) is 17.7. The third-order valence-corrected chi connectivity index (χ3v) is 4.38. The lowest BCUT2D eigenvalue weighted by Crippen LogP contribution is -2.11. The Labute approximate surface area is 169 Å². The van der Waals surface area contributed by atoms with Crippen molar-refractivity contribution in [3.8, 4) is 5.88 Å². The number of rotatable bonds is 4. The summed E-state index contributed by atoms with van der Waals surface area (Å²) in [4.78, 5) is 24.3. The molecule has 154 valence electrons. The molecule has 0 unspecified atom stereocenters. The van der Waals surface area contributed by atoms with Gasteiger partial charge in [-0.25, -0.2) is 9.97 Å². The topological polar surface area (TPSA) is 101 Å². The van der Waals surface area contributed by atoms with E-state index in [0.29, 0.717) is 36.6 Å². The average molecular weight is 397 g/mol. The summed E-state index contributed by atoms with van der Waals surface area (Å²) in [5.41, 5.74) is 1.58. The minimum absolute atomic E-state index is 0.0434. The molecule has 9 nitrogen and oxygen atoms in total. The zero-order chi connectivity index (χ0) is 21.1. The van der Waals surface area contributed by atoms with Crippen molar-refractivity contribution in [2.24, 2.45) is 0 Å². The van der Waals surface area contributed by atoms with Crippen LogP contribution in [0.3, 0.4) is 0 Å². The highest BCUT2D eigenvalue weighted by atomic mass is 16.5. The van der Waals surface area contributed by atoms with Crippen molar-refractivity contribution in [2.45, 2.75) is 59.9 Å². The zero-order valence-corrected chi connectivity index (χ0v) is 17.7. The van der Waals surface area contributed by atoms with Crippen molar-refractivity contribution in [3.05, 3.63) is 29.9 Å². The van der Waals surface area contributed by atoms with Crippen LogP contribution in [0.1, 0.15) is 75.3 Å². The van der Waals surface area contributed by atoms with E-state index in [-0.39, 0.29) is 11.7 Å². The molecule has 0 N–H and O–H groups in total. The largest absolute Gasteiger partial charge is 0.476 e. The molecular formula is C20H27N7O2. The van der Waals surface area contributed by atoms with Crippen molar-refractivity contribution in [1.82, 2.24) is 34.3 Å². The number of aryl methyl sites for hydroxylation is 1. The van der Waals surface area contributed by atoms with Gasteiger partial charge in [0.25, 0.3) is 0 Å². The lowest BCUT2D eigenvalue weighted by molar-refractivity contribution is 0.0982. The Kier molecular flexibility index (Phi) is 6.05. The summed E-state index contributed by atoms with van der Waals surface area (Å²) in [7, 11) is 0. The van der Waals surface area contributed by atoms with Crippen LogP contribution in [0.25, 0.3) is 17.4 Å². The highest BCUT2D eigenvalue weighted by molar-refractivity contribution is 5.96. The molecule has 3 aromatic heterocycles. The Balaban J connectivity index is 0.000000169. The molecule has 0 atom stereocenters. The maximum atomic E-state index is 11.3. The number of Topliss-reactive ketones (excluding diaryl/α,β-unsaturated/α-hetero) is 1. The molecule has 0 aromatic carbocycles. The van der Waals surface area contributed by atoms with Gasteiger partial charge in [0.05, 0.1) is 12.9 Å². The minimum atomic E-state index is 0.0434. The maximum absolute atomic E-state index is 11.3. The predicted octanol–water partition coefficient (Wildman–Crippen LogP) is 3.57. The number of aromatic nitrogens is 7. The molecule has 1 aliphatic rings. The second-order valence-electron chi connectivity index (χ2n) is 7.35. The molecule has 0 aliphatic carbocycles. The summed E-state index contributed by atoms with van der Waals surface area (Å²) in [5.74, 6) is 2.92. The first-order chi connectivity index (χ1) is 13.8. The number of nitrogens with zero attached hydrogens (tertiary/aromatic N) is 7. The normalized spacial score (nSPS) is 13.0. The Morgan fingerprint density at radius 1 is 1.17 bits per heavy atom. The van der Waals surface area contributed by atoms with Crippen LogP contribution in [-0.2, 0) is 0 Å². The smallest absolute Gasteiger partial charge is 0.245 e. The Morgan fingerprint density at radius 3 is 2.59 bits per heavy atom. The van der Waals surface area contributed by atoms with Gasteiger partial charge >= 0.3 is 0 Å². The summed E-state index contributed by atoms with van der Waals surface area (Å²) in [5, 5.41) is 7.86. The summed E-state index contributed by atoms with van der Waals surface area (Å²) in [6.07, 6.45) is 5.93. The van der Waals surface area contributed by atoms with Gasteiger partial charge in [-0.2, -0.15) is 4.98 Å². The van der Waals surface area contributed by atoms with Crippen LogP contribution < -0.4 is 4.74 Å². The number of ketones is 1. The van der Waals surface area contributed by atoms with Crippen LogP contribution >= 0.6 is 0 Å². The van der Waals surface area contributed by atoms with E-state index in [0.717, 1.165) is 17.0 Å². The molecule has 4 heterocycles. The fourth-order valence-corrected chi connectivity index (χ4v) is 3.00. The number of hydrogen-bond donors (Lipinski definition) is 0. The van der Waals surface area contributed by atoms with E-state index in [1.165, 1.54) is 0 Å². The Hall–Kier alpha value is -3.10. The van der Waals surface area contributed by atoms with Crippen LogP contribution in [0.4, 0.5) is 0 Å². The van der Waals surface area contributed by atoms with Crippen LogP contribution in [0.5, 0.6) is 5.88 Å². The Morgan fingerprint density at radius 2 is 1.93 bits per heavy atom. The molecule has 0 fully saturated rings. The summed E-state index contributed by atoms with van der Waals surface area (Å²) < 4.78 is 9.26. The van der Waals surface area contributed by atoms with E-state index in [9.17, 15) is 4.79 Å². The lowest BCUT2D eigenvalue weighted by atomic mass is 10.2. The minimum Gasteiger partial charge on any atom is -0.476 e. The van der Waals surface area contributed by atoms with Crippen molar-refractivity contribution in [2.75, 3.05) is 6.61 Å². The van der Waals surface area contributed by atoms with Gasteiger partial charge in [0.15, 0.2) is 11.2 Å². The van der Waals surface area contributed by atoms with E-state index in [1.54, 1.807) is 10.9 Å². The van der Waals surface area contributed by atoms with Gasteiger partial charge in [0.2, 0.25) is 17.5 Å². The number of ether oxygens (including phenoxy) is 1. The molecule has 1 aliphatic heterocycles. The molecule has 0 amide bonds. The highest BCUT2D eigenvalue weighted by Crippen LogP contribution is 2.23. The number of fused-ring (bicyclic) bond motifs is 2. The summed E-state index contributed by atoms with van der Waals surface area (Å²) in [6, 6.07) is 0.328. The van der Waals surface area contributed by atoms with Gasteiger partial charge in [-0.1, -0.05) is 19.9 Å². The molecule has 0 saturated carbocycles. The number of carbonyl (C=O) groups is 1. The van der Waals surface area contributed by atoms with Crippen molar-refractivity contribution in [1.29, 1.82) is 0 Å². The van der Waals surface area contributed by atoms with Crippen LogP contribution in [-0.4, -0.2) is 46.7 Å². The van der Waals surface area contributed by atoms with Gasteiger partial charge in [-0.3, -0.25) is 9.36 Å². The summed E-state index contributed by atoms with van der Waals surface area (Å²) >= 11 is 0. The molecule has 0 spiro atoms. The van der Waals surface area contributed by atoms with Gasteiger partial charge in [-0.15, -0.1) is 10.2 Å². The summed E-state index contributed by atoms with van der Waals surface area (Å²) in [6.45, 7) is 12.6. The number of hydrogen-bond acceptors (Lipinski definition) is 7. The predicted molar refractivity (Wildman–Crippen MR) is 110 cm³/mol. The highest BCUT2D eigenvalue weighted by Gasteiger charge is 2.20. The monoisotopic (exact) mass is 397 g/mol. The maximum Gasteiger partial charge on any atom is 0.245 e. The molecule has 3 aromatic rings. The van der Waals surface area contributed by atoms with E-state index in [1.807, 2.05) is 44.5 Å². The lowest BCUT2D eigenvalue weighted by Gasteiger charge is -2.09. The quantitative estimate of drug-likeness (QED) is 0.663. The molecule has 29 heavy (non-hydrogen) atoms. The molecule has 0 bridgehead atoms.